The minimum atomic E-state index is -4.51. The van der Waals surface area contributed by atoms with Crippen molar-refractivity contribution in [2.24, 2.45) is 7.05 Å². The Bertz CT molecular complexity index is 942. The first-order valence-electron chi connectivity index (χ1n) is 7.81. The Morgan fingerprint density at radius 1 is 1.35 bits per heavy atom. The van der Waals surface area contributed by atoms with Gasteiger partial charge in [0.05, 0.1) is 17.7 Å². The van der Waals surface area contributed by atoms with Gasteiger partial charge in [-0.2, -0.15) is 13.2 Å². The molecular formula is C16H16F3N5O2. The summed E-state index contributed by atoms with van der Waals surface area (Å²) in [6.07, 6.45) is -3.11. The van der Waals surface area contributed by atoms with E-state index in [0.29, 0.717) is 6.54 Å². The van der Waals surface area contributed by atoms with E-state index in [1.54, 1.807) is 6.92 Å². The van der Waals surface area contributed by atoms with Crippen molar-refractivity contribution in [3.05, 3.63) is 52.1 Å². The third kappa shape index (κ3) is 3.09. The van der Waals surface area contributed by atoms with Gasteiger partial charge in [-0.25, -0.2) is 9.48 Å². The van der Waals surface area contributed by atoms with Crippen molar-refractivity contribution >= 4 is 17.5 Å². The second kappa shape index (κ2) is 6.36. The van der Waals surface area contributed by atoms with E-state index in [0.717, 1.165) is 16.8 Å². The Labute approximate surface area is 146 Å². The molecule has 1 aromatic carbocycles. The van der Waals surface area contributed by atoms with Crippen molar-refractivity contribution in [2.45, 2.75) is 19.6 Å². The average Bonchev–Trinajstić information content (AvgIpc) is 2.88. The van der Waals surface area contributed by atoms with Gasteiger partial charge in [-0.3, -0.25) is 14.3 Å². The third-order valence-electron chi connectivity index (χ3n) is 3.90. The smallest absolute Gasteiger partial charge is 0.352 e. The Hall–Kier alpha value is -3.04. The first-order chi connectivity index (χ1) is 12.2. The van der Waals surface area contributed by atoms with E-state index in [9.17, 15) is 22.8 Å². The van der Waals surface area contributed by atoms with Gasteiger partial charge < -0.3 is 5.32 Å². The number of hydrogen-bond donors (Lipinski definition) is 1. The van der Waals surface area contributed by atoms with Crippen LogP contribution in [0.15, 0.2) is 40.8 Å². The molecule has 1 aliphatic heterocycles. The highest BCUT2D eigenvalue weighted by Gasteiger charge is 2.32. The Morgan fingerprint density at radius 2 is 2.08 bits per heavy atom. The van der Waals surface area contributed by atoms with E-state index >= 15 is 0 Å². The number of alkyl halides is 3. The number of rotatable bonds is 3. The van der Waals surface area contributed by atoms with Crippen LogP contribution in [0.25, 0.3) is 0 Å². The van der Waals surface area contributed by atoms with Crippen LogP contribution in [0.3, 0.4) is 0 Å². The van der Waals surface area contributed by atoms with Gasteiger partial charge in [-0.05, 0) is 25.1 Å². The summed E-state index contributed by atoms with van der Waals surface area (Å²) in [5.74, 6) is -0.254. The molecule has 1 N–H and O–H groups in total. The quantitative estimate of drug-likeness (QED) is 0.898. The van der Waals surface area contributed by atoms with E-state index in [4.69, 9.17) is 0 Å². The molecule has 1 amide bonds. The molecule has 0 radical (unpaired) electrons. The fraction of sp³-hybridized carbons (Fsp3) is 0.312. The fourth-order valence-electron chi connectivity index (χ4n) is 2.66. The van der Waals surface area contributed by atoms with Crippen LogP contribution >= 0.6 is 0 Å². The molecule has 0 bridgehead atoms. The molecule has 7 nitrogen and oxygen atoms in total. The SMILES string of the molecule is CCNC(=O)C1=CN(c2cccc(C(F)(F)F)c2)c2nn(C)c(=O)n2C1. The third-order valence-corrected chi connectivity index (χ3v) is 3.90. The zero-order valence-corrected chi connectivity index (χ0v) is 14.0. The van der Waals surface area contributed by atoms with Gasteiger partial charge in [0.2, 0.25) is 5.95 Å². The molecule has 1 aliphatic rings. The lowest BCUT2D eigenvalue weighted by molar-refractivity contribution is -0.137. The van der Waals surface area contributed by atoms with E-state index in [1.807, 2.05) is 0 Å². The molecule has 0 saturated heterocycles. The largest absolute Gasteiger partial charge is 0.416 e. The predicted molar refractivity (Wildman–Crippen MR) is 87.8 cm³/mol. The van der Waals surface area contributed by atoms with Crippen molar-refractivity contribution in [2.75, 3.05) is 11.4 Å². The summed E-state index contributed by atoms with van der Waals surface area (Å²) >= 11 is 0. The molecule has 0 aliphatic carbocycles. The number of fused-ring (bicyclic) bond motifs is 1. The molecule has 2 heterocycles. The van der Waals surface area contributed by atoms with Gasteiger partial charge in [-0.15, -0.1) is 5.10 Å². The maximum Gasteiger partial charge on any atom is 0.416 e. The summed E-state index contributed by atoms with van der Waals surface area (Å²) in [5, 5.41) is 6.70. The standard InChI is InChI=1S/C16H16F3N5O2/c1-3-20-13(25)10-8-23(14-21-22(2)15(26)24(14)9-10)12-6-4-5-11(7-12)16(17,18)19/h4-8H,3,9H2,1-2H3,(H,20,25). The second-order valence-corrected chi connectivity index (χ2v) is 5.72. The number of amides is 1. The van der Waals surface area contributed by atoms with Crippen molar-refractivity contribution in [1.29, 1.82) is 0 Å². The fourth-order valence-corrected chi connectivity index (χ4v) is 2.66. The minimum absolute atomic E-state index is 0.0106. The van der Waals surface area contributed by atoms with Gasteiger partial charge in [0.1, 0.15) is 0 Å². The normalized spacial score (nSPS) is 14.0. The van der Waals surface area contributed by atoms with Gasteiger partial charge in [-0.1, -0.05) is 6.07 Å². The highest BCUT2D eigenvalue weighted by Crippen LogP contribution is 2.34. The van der Waals surface area contributed by atoms with Crippen LogP contribution in [0.5, 0.6) is 0 Å². The van der Waals surface area contributed by atoms with Gasteiger partial charge in [0.25, 0.3) is 5.91 Å². The second-order valence-electron chi connectivity index (χ2n) is 5.72. The molecule has 26 heavy (non-hydrogen) atoms. The van der Waals surface area contributed by atoms with Crippen molar-refractivity contribution < 1.29 is 18.0 Å². The lowest BCUT2D eigenvalue weighted by Gasteiger charge is -2.26. The number of halogens is 3. The molecule has 0 unspecified atom stereocenters. The summed E-state index contributed by atoms with van der Waals surface area (Å²) in [7, 11) is 1.43. The number of aromatic nitrogens is 3. The first-order valence-corrected chi connectivity index (χ1v) is 7.81. The molecule has 3 rings (SSSR count). The zero-order valence-electron chi connectivity index (χ0n) is 14.0. The van der Waals surface area contributed by atoms with E-state index in [1.165, 1.54) is 34.8 Å². The number of aryl methyl sites for hydroxylation is 1. The molecule has 0 atom stereocenters. The topological polar surface area (TPSA) is 72.2 Å². The van der Waals surface area contributed by atoms with Crippen LogP contribution < -0.4 is 15.9 Å². The van der Waals surface area contributed by atoms with Crippen LogP contribution in [0.2, 0.25) is 0 Å². The lowest BCUT2D eigenvalue weighted by Crippen LogP contribution is -2.35. The number of carbonyl (C=O) groups is 1. The maximum absolute atomic E-state index is 13.0. The highest BCUT2D eigenvalue weighted by atomic mass is 19.4. The predicted octanol–water partition coefficient (Wildman–Crippen LogP) is 1.77. The number of carbonyl (C=O) groups excluding carboxylic acids is 1. The number of likely N-dealkylation sites (N-methyl/N-ethyl adjacent to an activating group) is 1. The number of anilines is 2. The maximum atomic E-state index is 13.0. The Kier molecular flexibility index (Phi) is 4.34. The van der Waals surface area contributed by atoms with E-state index < -0.39 is 23.3 Å². The number of benzene rings is 1. The monoisotopic (exact) mass is 367 g/mol. The lowest BCUT2D eigenvalue weighted by atomic mass is 10.1. The molecule has 0 spiro atoms. The molecule has 2 aromatic rings. The van der Waals surface area contributed by atoms with Crippen molar-refractivity contribution in [3.63, 3.8) is 0 Å². The van der Waals surface area contributed by atoms with Crippen LogP contribution in [0, 0.1) is 0 Å². The molecule has 1 aromatic heterocycles. The minimum Gasteiger partial charge on any atom is -0.352 e. The summed E-state index contributed by atoms with van der Waals surface area (Å²) in [6, 6.07) is 4.61. The number of hydrogen-bond acceptors (Lipinski definition) is 4. The van der Waals surface area contributed by atoms with Crippen LogP contribution in [0.4, 0.5) is 24.8 Å². The Morgan fingerprint density at radius 3 is 2.73 bits per heavy atom. The van der Waals surface area contributed by atoms with E-state index in [2.05, 4.69) is 10.4 Å². The van der Waals surface area contributed by atoms with Crippen LogP contribution in [-0.2, 0) is 24.6 Å². The average molecular weight is 367 g/mol. The molecule has 138 valence electrons. The molecule has 10 heteroatoms. The Balaban J connectivity index is 2.13. The van der Waals surface area contributed by atoms with Crippen LogP contribution in [0.1, 0.15) is 12.5 Å². The van der Waals surface area contributed by atoms with Gasteiger partial charge in [0.15, 0.2) is 0 Å². The summed E-state index contributed by atoms with van der Waals surface area (Å²) in [6.45, 7) is 2.12. The molecule has 0 saturated carbocycles. The first kappa shape index (κ1) is 17.8. The molecular weight excluding hydrogens is 351 g/mol. The molecule has 0 fully saturated rings. The zero-order chi connectivity index (χ0) is 19.1. The number of nitrogens with one attached hydrogen (secondary N) is 1. The van der Waals surface area contributed by atoms with Crippen LogP contribution in [-0.4, -0.2) is 26.8 Å². The highest BCUT2D eigenvalue weighted by molar-refractivity contribution is 5.94. The summed E-state index contributed by atoms with van der Waals surface area (Å²) < 4.78 is 41.4. The van der Waals surface area contributed by atoms with Crippen molar-refractivity contribution in [3.8, 4) is 0 Å². The number of nitrogens with zero attached hydrogens (tertiary/aromatic N) is 4. The van der Waals surface area contributed by atoms with Crippen molar-refractivity contribution in [1.82, 2.24) is 19.7 Å². The summed E-state index contributed by atoms with van der Waals surface area (Å²) in [5.41, 5.74) is -0.912. The van der Waals surface area contributed by atoms with Gasteiger partial charge in [0, 0.05) is 25.5 Å². The van der Waals surface area contributed by atoms with Gasteiger partial charge >= 0.3 is 11.9 Å². The summed E-state index contributed by atoms with van der Waals surface area (Å²) in [4.78, 5) is 25.8. The van der Waals surface area contributed by atoms with E-state index in [-0.39, 0.29) is 23.8 Å².